The average molecular weight is 621 g/mol. The number of thioether (sulfide) groups is 1. The third-order valence-corrected chi connectivity index (χ3v) is 12.8. The minimum absolute atomic E-state index is 0.0611. The Kier molecular flexibility index (Phi) is 7.43. The number of rotatable bonds is 5. The Morgan fingerprint density at radius 1 is 1.00 bits per heavy atom. The molecule has 1 heterocycles. The quantitative estimate of drug-likeness (QED) is 0.258. The number of ether oxygens (including phenoxy) is 2. The second-order valence-corrected chi connectivity index (χ2v) is 16.1. The highest BCUT2D eigenvalue weighted by atomic mass is 32.2. The molecule has 1 aromatic rings. The smallest absolute Gasteiger partial charge is 0.285 e. The molecule has 1 aliphatic heterocycles. The lowest BCUT2D eigenvalue weighted by atomic mass is 9.48. The van der Waals surface area contributed by atoms with E-state index in [0.29, 0.717) is 71.2 Å². The molecule has 0 radical (unpaired) electrons. The number of aliphatic hydroxyl groups is 2. The number of benzene rings is 1. The minimum Gasteiger partial charge on any atom is -0.385 e. The first-order chi connectivity index (χ1) is 20.0. The first-order valence-electron chi connectivity index (χ1n) is 15.8. The molecular formula is C35H47F3O4S. The van der Waals surface area contributed by atoms with Crippen molar-refractivity contribution in [3.8, 4) is 0 Å². The molecule has 1 aromatic carbocycles. The number of halogens is 3. The van der Waals surface area contributed by atoms with E-state index in [1.807, 2.05) is 13.2 Å². The van der Waals surface area contributed by atoms with E-state index in [9.17, 15) is 10.2 Å². The maximum Gasteiger partial charge on any atom is 0.285 e. The van der Waals surface area contributed by atoms with Gasteiger partial charge in [-0.1, -0.05) is 45.1 Å². The van der Waals surface area contributed by atoms with Crippen molar-refractivity contribution in [1.82, 2.24) is 0 Å². The molecule has 1 saturated heterocycles. The molecule has 3 saturated carbocycles. The van der Waals surface area contributed by atoms with Crippen LogP contribution >= 0.6 is 11.8 Å². The summed E-state index contributed by atoms with van der Waals surface area (Å²) >= 11 is 1.64. The SMILES string of the molecule is C=CC(F)(C(C)(F)F)C1(O)CCC2C3CCC4(O)CC5(CCC4=C3C(c3ccc(SC)cc3)CC21C)OCC(C)(C)CO5. The Labute approximate surface area is 258 Å². The molecule has 5 aliphatic rings. The molecule has 4 nitrogen and oxygen atoms in total. The van der Waals surface area contributed by atoms with Gasteiger partial charge in [0.05, 0.1) is 18.8 Å². The molecule has 0 aromatic heterocycles. The second-order valence-electron chi connectivity index (χ2n) is 15.2. The molecule has 7 unspecified atom stereocenters. The molecule has 7 atom stereocenters. The summed E-state index contributed by atoms with van der Waals surface area (Å²) < 4.78 is 59.4. The number of hydrogen-bond acceptors (Lipinski definition) is 5. The van der Waals surface area contributed by atoms with Gasteiger partial charge in [-0.15, -0.1) is 11.8 Å². The van der Waals surface area contributed by atoms with E-state index in [0.717, 1.165) is 21.6 Å². The number of alkyl halides is 3. The van der Waals surface area contributed by atoms with Crippen molar-refractivity contribution in [1.29, 1.82) is 0 Å². The Balaban J connectivity index is 1.46. The summed E-state index contributed by atoms with van der Waals surface area (Å²) in [6.45, 7) is 11.2. The lowest BCUT2D eigenvalue weighted by Gasteiger charge is -2.60. The van der Waals surface area contributed by atoms with Gasteiger partial charge in [-0.05, 0) is 86.0 Å². The van der Waals surface area contributed by atoms with Gasteiger partial charge in [0, 0.05) is 41.4 Å². The van der Waals surface area contributed by atoms with Crippen molar-refractivity contribution in [2.24, 2.45) is 22.7 Å². The molecular weight excluding hydrogens is 573 g/mol. The third kappa shape index (κ3) is 4.55. The highest BCUT2D eigenvalue weighted by molar-refractivity contribution is 7.98. The van der Waals surface area contributed by atoms with E-state index in [-0.39, 0.29) is 29.6 Å². The summed E-state index contributed by atoms with van der Waals surface area (Å²) in [6.07, 6.45) is 6.05. The summed E-state index contributed by atoms with van der Waals surface area (Å²) in [5.41, 5.74) is -4.73. The number of hydrogen-bond donors (Lipinski definition) is 2. The van der Waals surface area contributed by atoms with Gasteiger partial charge in [0.1, 0.15) is 5.60 Å². The summed E-state index contributed by atoms with van der Waals surface area (Å²) in [5, 5.41) is 24.6. The van der Waals surface area contributed by atoms with Gasteiger partial charge >= 0.3 is 0 Å². The molecule has 0 amide bonds. The van der Waals surface area contributed by atoms with Crippen LogP contribution in [0.15, 0.2) is 53.0 Å². The van der Waals surface area contributed by atoms with E-state index < -0.39 is 34.0 Å². The molecule has 2 N–H and O–H groups in total. The van der Waals surface area contributed by atoms with Crippen LogP contribution in [0.25, 0.3) is 0 Å². The van der Waals surface area contributed by atoms with Gasteiger partial charge in [-0.3, -0.25) is 0 Å². The highest BCUT2D eigenvalue weighted by Gasteiger charge is 2.75. The largest absolute Gasteiger partial charge is 0.385 e. The van der Waals surface area contributed by atoms with Gasteiger partial charge in [0.15, 0.2) is 5.79 Å². The van der Waals surface area contributed by atoms with Crippen LogP contribution in [0.3, 0.4) is 0 Å². The Morgan fingerprint density at radius 3 is 2.23 bits per heavy atom. The zero-order valence-electron chi connectivity index (χ0n) is 26.2. The number of allylic oxidation sites excluding steroid dienone is 1. The van der Waals surface area contributed by atoms with E-state index in [1.165, 1.54) is 0 Å². The predicted molar refractivity (Wildman–Crippen MR) is 163 cm³/mol. The second kappa shape index (κ2) is 10.1. The summed E-state index contributed by atoms with van der Waals surface area (Å²) in [7, 11) is 0. The fourth-order valence-corrected chi connectivity index (χ4v) is 10.1. The normalized spacial score (nSPS) is 39.9. The first kappa shape index (κ1) is 31.7. The Bertz CT molecular complexity index is 1300. The lowest BCUT2D eigenvalue weighted by Crippen LogP contribution is -2.67. The maximum absolute atomic E-state index is 16.6. The van der Waals surface area contributed by atoms with Gasteiger partial charge < -0.3 is 19.7 Å². The van der Waals surface area contributed by atoms with Gasteiger partial charge in [-0.25, -0.2) is 13.2 Å². The standard InChI is InChI=1S/C35H47F3O4S/c1-7-34(38,31(5,36)37)35(40)17-14-26-24-12-15-32(39)19-33(41-20-29(2,3)21-42-33)16-13-27(32)28(24)25(18-30(26,35)4)22-8-10-23(43-6)11-9-22/h7-11,24-26,39-40H,1,12-21H2,2-6H3. The van der Waals surface area contributed by atoms with Crippen LogP contribution in [0.1, 0.15) is 90.5 Å². The molecule has 6 rings (SSSR count). The van der Waals surface area contributed by atoms with Crippen LogP contribution in [-0.4, -0.2) is 58.3 Å². The fraction of sp³-hybridized carbons (Fsp3) is 0.714. The van der Waals surface area contributed by atoms with Crippen molar-refractivity contribution in [2.45, 2.75) is 118 Å². The lowest BCUT2D eigenvalue weighted by molar-refractivity contribution is -0.322. The van der Waals surface area contributed by atoms with E-state index in [1.54, 1.807) is 11.8 Å². The number of fused-ring (bicyclic) bond motifs is 4. The molecule has 4 fully saturated rings. The van der Waals surface area contributed by atoms with Crippen molar-refractivity contribution >= 4 is 11.8 Å². The van der Waals surface area contributed by atoms with Gasteiger partial charge in [0.25, 0.3) is 5.92 Å². The van der Waals surface area contributed by atoms with Crippen LogP contribution in [0.4, 0.5) is 13.2 Å². The van der Waals surface area contributed by atoms with Crippen molar-refractivity contribution < 1.29 is 32.9 Å². The average Bonchev–Trinajstić information content (AvgIpc) is 3.24. The van der Waals surface area contributed by atoms with Crippen LogP contribution in [0.2, 0.25) is 0 Å². The first-order valence-corrected chi connectivity index (χ1v) is 17.0. The molecule has 43 heavy (non-hydrogen) atoms. The Morgan fingerprint density at radius 2 is 1.65 bits per heavy atom. The predicted octanol–water partition coefficient (Wildman–Crippen LogP) is 7.98. The molecule has 238 valence electrons. The van der Waals surface area contributed by atoms with E-state index >= 15 is 13.2 Å². The monoisotopic (exact) mass is 620 g/mol. The van der Waals surface area contributed by atoms with Crippen LogP contribution < -0.4 is 0 Å². The van der Waals surface area contributed by atoms with Crippen LogP contribution in [0, 0.1) is 22.7 Å². The fourth-order valence-electron chi connectivity index (χ4n) is 9.70. The van der Waals surface area contributed by atoms with Crippen LogP contribution in [0.5, 0.6) is 0 Å². The molecule has 4 aliphatic carbocycles. The zero-order chi connectivity index (χ0) is 31.3. The van der Waals surface area contributed by atoms with Gasteiger partial charge in [0.2, 0.25) is 5.67 Å². The van der Waals surface area contributed by atoms with Crippen molar-refractivity contribution in [2.75, 3.05) is 19.5 Å². The van der Waals surface area contributed by atoms with Crippen molar-refractivity contribution in [3.05, 3.63) is 53.6 Å². The topological polar surface area (TPSA) is 58.9 Å². The Hall–Kier alpha value is -1.32. The minimum atomic E-state index is -3.81. The maximum atomic E-state index is 16.6. The summed E-state index contributed by atoms with van der Waals surface area (Å²) in [6, 6.07) is 8.23. The van der Waals surface area contributed by atoms with Crippen LogP contribution in [-0.2, 0) is 9.47 Å². The summed E-state index contributed by atoms with van der Waals surface area (Å²) in [4.78, 5) is 1.10. The van der Waals surface area contributed by atoms with E-state index in [2.05, 4.69) is 44.7 Å². The van der Waals surface area contributed by atoms with Crippen molar-refractivity contribution in [3.63, 3.8) is 0 Å². The molecule has 8 heteroatoms. The van der Waals surface area contributed by atoms with E-state index in [4.69, 9.17) is 9.47 Å². The third-order valence-electron chi connectivity index (χ3n) is 12.1. The zero-order valence-corrected chi connectivity index (χ0v) is 27.0. The molecule has 0 bridgehead atoms. The highest BCUT2D eigenvalue weighted by Crippen LogP contribution is 2.71. The molecule has 1 spiro atoms. The summed E-state index contributed by atoms with van der Waals surface area (Å²) in [5.74, 6) is -5.15. The van der Waals surface area contributed by atoms with Gasteiger partial charge in [-0.2, -0.15) is 0 Å².